The van der Waals surface area contributed by atoms with E-state index in [2.05, 4.69) is 10.4 Å². The van der Waals surface area contributed by atoms with Crippen molar-refractivity contribution in [3.8, 4) is 0 Å². The fourth-order valence-electron chi connectivity index (χ4n) is 3.19. The lowest BCUT2D eigenvalue weighted by molar-refractivity contribution is -0.121. The number of hydrogen-bond donors (Lipinski definition) is 1. The van der Waals surface area contributed by atoms with Crippen molar-refractivity contribution in [2.24, 2.45) is 7.05 Å². The first-order valence-electron chi connectivity index (χ1n) is 9.41. The van der Waals surface area contributed by atoms with Crippen LogP contribution in [0.4, 0.5) is 0 Å². The number of likely N-dealkylation sites (N-methyl/N-ethyl adjacent to an activating group) is 1. The van der Waals surface area contributed by atoms with E-state index in [4.69, 9.17) is 0 Å². The number of sulfonamides is 1. The highest BCUT2D eigenvalue weighted by Crippen LogP contribution is 2.19. The lowest BCUT2D eigenvalue weighted by Gasteiger charge is -2.17. The van der Waals surface area contributed by atoms with Gasteiger partial charge in [0.1, 0.15) is 0 Å². The van der Waals surface area contributed by atoms with Gasteiger partial charge in [-0.15, -0.1) is 0 Å². The van der Waals surface area contributed by atoms with Crippen molar-refractivity contribution in [1.82, 2.24) is 19.4 Å². The van der Waals surface area contributed by atoms with Crippen molar-refractivity contribution in [3.63, 3.8) is 0 Å². The molecule has 7 nitrogen and oxygen atoms in total. The van der Waals surface area contributed by atoms with E-state index >= 15 is 0 Å². The highest BCUT2D eigenvalue weighted by atomic mass is 32.2. The van der Waals surface area contributed by atoms with Crippen LogP contribution in [-0.2, 0) is 28.3 Å². The highest BCUT2D eigenvalue weighted by molar-refractivity contribution is 7.89. The number of nitrogens with one attached hydrogen (secondary N) is 1. The second kappa shape index (κ2) is 8.34. The Morgan fingerprint density at radius 2 is 1.86 bits per heavy atom. The molecule has 0 saturated carbocycles. The molecular weight excluding hydrogens is 388 g/mol. The molecule has 0 aliphatic heterocycles. The third-order valence-electron chi connectivity index (χ3n) is 5.07. The molecule has 0 bridgehead atoms. The lowest BCUT2D eigenvalue weighted by atomic mass is 10.1. The van der Waals surface area contributed by atoms with Gasteiger partial charge in [-0.2, -0.15) is 9.40 Å². The quantitative estimate of drug-likeness (QED) is 0.642. The van der Waals surface area contributed by atoms with Gasteiger partial charge in [0.15, 0.2) is 0 Å². The Morgan fingerprint density at radius 3 is 2.59 bits per heavy atom. The largest absolute Gasteiger partial charge is 0.355 e. The van der Waals surface area contributed by atoms with Crippen molar-refractivity contribution >= 4 is 26.8 Å². The van der Waals surface area contributed by atoms with E-state index in [1.165, 1.54) is 7.05 Å². The third kappa shape index (κ3) is 4.49. The summed E-state index contributed by atoms with van der Waals surface area (Å²) in [6.45, 7) is 3.94. The van der Waals surface area contributed by atoms with Crippen LogP contribution >= 0.6 is 0 Å². The standard InChI is InChI=1S/C21H26N4O3S/c1-15-9-10-17(13-16(15)2)29(27,28)24(3)14-21(26)22-12-11-19-18-7-5-6-8-20(18)25(4)23-19/h5-10,13H,11-12,14H2,1-4H3,(H,22,26). The highest BCUT2D eigenvalue weighted by Gasteiger charge is 2.23. The number of aryl methyl sites for hydroxylation is 3. The normalized spacial score (nSPS) is 11.9. The number of fused-ring (bicyclic) bond motifs is 1. The number of rotatable bonds is 7. The number of aromatic nitrogens is 2. The topological polar surface area (TPSA) is 84.3 Å². The van der Waals surface area contributed by atoms with Crippen LogP contribution in [0, 0.1) is 13.8 Å². The minimum atomic E-state index is -3.72. The molecule has 0 atom stereocenters. The molecule has 0 aliphatic rings. The van der Waals surface area contributed by atoms with Crippen LogP contribution in [0.15, 0.2) is 47.4 Å². The van der Waals surface area contributed by atoms with E-state index in [1.54, 1.807) is 18.2 Å². The summed E-state index contributed by atoms with van der Waals surface area (Å²) < 4.78 is 28.3. The SMILES string of the molecule is Cc1ccc(S(=O)(=O)N(C)CC(=O)NCCc2nn(C)c3ccccc23)cc1C. The van der Waals surface area contributed by atoms with Gasteiger partial charge in [-0.3, -0.25) is 9.48 Å². The predicted octanol–water partition coefficient (Wildman–Crippen LogP) is 2.17. The molecule has 1 amide bonds. The van der Waals surface area contributed by atoms with Gasteiger partial charge in [-0.25, -0.2) is 8.42 Å². The summed E-state index contributed by atoms with van der Waals surface area (Å²) in [6, 6.07) is 12.9. The van der Waals surface area contributed by atoms with Crippen molar-refractivity contribution in [2.75, 3.05) is 20.1 Å². The van der Waals surface area contributed by atoms with Gasteiger partial charge in [0.2, 0.25) is 15.9 Å². The summed E-state index contributed by atoms with van der Waals surface area (Å²) in [6.07, 6.45) is 0.570. The summed E-state index contributed by atoms with van der Waals surface area (Å²) in [5, 5.41) is 8.34. The summed E-state index contributed by atoms with van der Waals surface area (Å²) >= 11 is 0. The number of nitrogens with zero attached hydrogens (tertiary/aromatic N) is 3. The maximum atomic E-state index is 12.7. The van der Waals surface area contributed by atoms with Gasteiger partial charge in [0.05, 0.1) is 22.7 Å². The second-order valence-electron chi connectivity index (χ2n) is 7.19. The molecule has 0 radical (unpaired) electrons. The molecular formula is C21H26N4O3S. The maximum Gasteiger partial charge on any atom is 0.243 e. The third-order valence-corrected chi connectivity index (χ3v) is 6.87. The molecule has 1 N–H and O–H groups in total. The maximum absolute atomic E-state index is 12.7. The average Bonchev–Trinajstić information content (AvgIpc) is 3.00. The monoisotopic (exact) mass is 414 g/mol. The number of carbonyl (C=O) groups excluding carboxylic acids is 1. The van der Waals surface area contributed by atoms with Crippen molar-refractivity contribution < 1.29 is 13.2 Å². The van der Waals surface area contributed by atoms with E-state index in [0.29, 0.717) is 13.0 Å². The number of carbonyl (C=O) groups is 1. The Hall–Kier alpha value is -2.71. The molecule has 8 heteroatoms. The Kier molecular flexibility index (Phi) is 6.04. The Morgan fingerprint density at radius 1 is 1.14 bits per heavy atom. The van der Waals surface area contributed by atoms with Crippen LogP contribution in [0.5, 0.6) is 0 Å². The van der Waals surface area contributed by atoms with Crippen LogP contribution in [0.25, 0.3) is 10.9 Å². The lowest BCUT2D eigenvalue weighted by Crippen LogP contribution is -2.39. The molecule has 0 unspecified atom stereocenters. The smallest absolute Gasteiger partial charge is 0.243 e. The first-order chi connectivity index (χ1) is 13.7. The van der Waals surface area contributed by atoms with Crippen molar-refractivity contribution in [2.45, 2.75) is 25.2 Å². The minimum Gasteiger partial charge on any atom is -0.355 e. The van der Waals surface area contributed by atoms with Crippen LogP contribution in [-0.4, -0.2) is 48.5 Å². The Labute approximate surface area is 171 Å². The second-order valence-corrected chi connectivity index (χ2v) is 9.24. The van der Waals surface area contributed by atoms with E-state index in [1.807, 2.05) is 49.8 Å². The molecule has 0 spiro atoms. The van der Waals surface area contributed by atoms with Crippen molar-refractivity contribution in [3.05, 3.63) is 59.3 Å². The predicted molar refractivity (Wildman–Crippen MR) is 113 cm³/mol. The molecule has 0 fully saturated rings. The first-order valence-corrected chi connectivity index (χ1v) is 10.8. The summed E-state index contributed by atoms with van der Waals surface area (Å²) in [4.78, 5) is 12.5. The van der Waals surface area contributed by atoms with E-state index in [-0.39, 0.29) is 17.3 Å². The number of benzene rings is 2. The van der Waals surface area contributed by atoms with Crippen molar-refractivity contribution in [1.29, 1.82) is 0 Å². The van der Waals surface area contributed by atoms with Gasteiger partial charge in [-0.05, 0) is 43.2 Å². The molecule has 1 heterocycles. The van der Waals surface area contributed by atoms with Gasteiger partial charge < -0.3 is 5.32 Å². The van der Waals surface area contributed by atoms with Gasteiger partial charge in [0, 0.05) is 32.4 Å². The fourth-order valence-corrected chi connectivity index (χ4v) is 4.40. The van der Waals surface area contributed by atoms with Crippen LogP contribution in [0.1, 0.15) is 16.8 Å². The van der Waals surface area contributed by atoms with Crippen LogP contribution in [0.3, 0.4) is 0 Å². The zero-order chi connectivity index (χ0) is 21.2. The van der Waals surface area contributed by atoms with Gasteiger partial charge >= 0.3 is 0 Å². The summed E-state index contributed by atoms with van der Waals surface area (Å²) in [5.74, 6) is -0.347. The van der Waals surface area contributed by atoms with Crippen LogP contribution < -0.4 is 5.32 Å². The fraction of sp³-hybridized carbons (Fsp3) is 0.333. The summed E-state index contributed by atoms with van der Waals surface area (Å²) in [7, 11) is -0.420. The minimum absolute atomic E-state index is 0.191. The zero-order valence-electron chi connectivity index (χ0n) is 17.1. The van der Waals surface area contributed by atoms with Crippen LogP contribution in [0.2, 0.25) is 0 Å². The number of para-hydroxylation sites is 1. The van der Waals surface area contributed by atoms with Gasteiger partial charge in [-0.1, -0.05) is 24.3 Å². The van der Waals surface area contributed by atoms with E-state index in [9.17, 15) is 13.2 Å². The molecule has 0 aliphatic carbocycles. The first kappa shape index (κ1) is 21.0. The molecule has 3 rings (SSSR count). The molecule has 2 aromatic carbocycles. The zero-order valence-corrected chi connectivity index (χ0v) is 18.0. The Bertz CT molecular complexity index is 1150. The Balaban J connectivity index is 1.59. The number of hydrogen-bond acceptors (Lipinski definition) is 4. The summed E-state index contributed by atoms with van der Waals surface area (Å²) in [5.41, 5.74) is 3.85. The average molecular weight is 415 g/mol. The van der Waals surface area contributed by atoms with E-state index < -0.39 is 10.0 Å². The number of amides is 1. The molecule has 1 aromatic heterocycles. The molecule has 3 aromatic rings. The van der Waals surface area contributed by atoms with Gasteiger partial charge in [0.25, 0.3) is 0 Å². The molecule has 154 valence electrons. The van der Waals surface area contributed by atoms with E-state index in [0.717, 1.165) is 32.0 Å². The molecule has 0 saturated heterocycles. The molecule has 29 heavy (non-hydrogen) atoms.